The normalized spacial score (nSPS) is 12.9. The summed E-state index contributed by atoms with van der Waals surface area (Å²) in [6.45, 7) is 1.78. The van der Waals surface area contributed by atoms with Gasteiger partial charge in [-0.25, -0.2) is 0 Å². The second-order valence-electron chi connectivity index (χ2n) is 6.04. The molecule has 0 aliphatic carbocycles. The molecule has 136 valence electrons. The van der Waals surface area contributed by atoms with E-state index in [1.165, 1.54) is 17.7 Å². The fourth-order valence-corrected chi connectivity index (χ4v) is 3.87. The molecule has 0 aromatic heterocycles. The van der Waals surface area contributed by atoms with Crippen LogP contribution >= 0.6 is 23.2 Å². The highest BCUT2D eigenvalue weighted by molar-refractivity contribution is 7.86. The van der Waals surface area contributed by atoms with Crippen molar-refractivity contribution >= 4 is 33.3 Å². The molecule has 0 spiro atoms. The minimum Gasteiger partial charge on any atom is -0.263 e. The van der Waals surface area contributed by atoms with Crippen molar-refractivity contribution in [2.45, 2.75) is 50.0 Å². The monoisotopic (exact) mass is 400 g/mol. The largest absolute Gasteiger partial charge is 0.297 e. The zero-order valence-electron chi connectivity index (χ0n) is 14.1. The van der Waals surface area contributed by atoms with Gasteiger partial charge in [-0.3, -0.25) is 4.18 Å². The van der Waals surface area contributed by atoms with Gasteiger partial charge in [0.1, 0.15) is 0 Å². The zero-order chi connectivity index (χ0) is 18.3. The maximum atomic E-state index is 12.2. The summed E-state index contributed by atoms with van der Waals surface area (Å²) in [5.41, 5.74) is 1.26. The van der Waals surface area contributed by atoms with Crippen LogP contribution in [0.1, 0.15) is 38.2 Å². The molecule has 2 aromatic rings. The maximum Gasteiger partial charge on any atom is 0.297 e. The Morgan fingerprint density at radius 2 is 1.44 bits per heavy atom. The number of rotatable bonds is 9. The maximum absolute atomic E-state index is 12.2. The van der Waals surface area contributed by atoms with Crippen molar-refractivity contribution in [1.29, 1.82) is 0 Å². The first-order chi connectivity index (χ1) is 11.9. The van der Waals surface area contributed by atoms with Crippen LogP contribution in [-0.4, -0.2) is 14.5 Å². The summed E-state index contributed by atoms with van der Waals surface area (Å²) in [4.78, 5) is 0.131. The summed E-state index contributed by atoms with van der Waals surface area (Å²) in [5, 5.41) is 1.24. The Labute approximate surface area is 160 Å². The van der Waals surface area contributed by atoms with Crippen LogP contribution in [0.5, 0.6) is 0 Å². The lowest BCUT2D eigenvalue weighted by molar-refractivity contribution is 0.213. The van der Waals surface area contributed by atoms with Gasteiger partial charge in [0.05, 0.1) is 11.0 Å². The number of hydrogen-bond acceptors (Lipinski definition) is 3. The topological polar surface area (TPSA) is 43.4 Å². The van der Waals surface area contributed by atoms with Crippen molar-refractivity contribution in [2.75, 3.05) is 0 Å². The van der Waals surface area contributed by atoms with Crippen LogP contribution in [0.3, 0.4) is 0 Å². The highest BCUT2D eigenvalue weighted by atomic mass is 35.5. The van der Waals surface area contributed by atoms with E-state index in [0.717, 1.165) is 30.7 Å². The molecule has 0 aliphatic heterocycles. The Hall–Kier alpha value is -1.07. The third kappa shape index (κ3) is 6.98. The quantitative estimate of drug-likeness (QED) is 0.389. The van der Waals surface area contributed by atoms with Gasteiger partial charge in [-0.05, 0) is 68.1 Å². The SMILES string of the molecule is CC(CCCCCc1ccc(Cl)cc1)OS(=O)(=O)c1ccc(Cl)cc1. The van der Waals surface area contributed by atoms with Crippen LogP contribution in [-0.2, 0) is 20.7 Å². The van der Waals surface area contributed by atoms with E-state index in [1.54, 1.807) is 19.1 Å². The van der Waals surface area contributed by atoms with E-state index in [1.807, 2.05) is 24.3 Å². The fraction of sp³-hybridized carbons (Fsp3) is 0.368. The summed E-state index contributed by atoms with van der Waals surface area (Å²) >= 11 is 11.6. The van der Waals surface area contributed by atoms with Gasteiger partial charge in [-0.2, -0.15) is 8.42 Å². The number of halogens is 2. The van der Waals surface area contributed by atoms with Crippen molar-refractivity contribution in [1.82, 2.24) is 0 Å². The van der Waals surface area contributed by atoms with Crippen LogP contribution in [0, 0.1) is 0 Å². The predicted octanol–water partition coefficient (Wildman–Crippen LogP) is 5.89. The minimum atomic E-state index is -3.74. The molecule has 0 bridgehead atoms. The van der Waals surface area contributed by atoms with E-state index in [2.05, 4.69) is 0 Å². The van der Waals surface area contributed by atoms with Crippen LogP contribution in [0.25, 0.3) is 0 Å². The van der Waals surface area contributed by atoms with Gasteiger partial charge in [0, 0.05) is 10.0 Å². The van der Waals surface area contributed by atoms with Gasteiger partial charge in [-0.1, -0.05) is 48.2 Å². The Morgan fingerprint density at radius 1 is 0.880 bits per heavy atom. The molecule has 0 saturated heterocycles. The number of unbranched alkanes of at least 4 members (excludes halogenated alkanes) is 2. The first kappa shape index (κ1) is 20.2. The fourth-order valence-electron chi connectivity index (χ4n) is 2.51. The number of hydrogen-bond donors (Lipinski definition) is 0. The van der Waals surface area contributed by atoms with Gasteiger partial charge in [0.25, 0.3) is 10.1 Å². The van der Waals surface area contributed by atoms with Crippen LogP contribution < -0.4 is 0 Å². The van der Waals surface area contributed by atoms with Gasteiger partial charge < -0.3 is 0 Å². The summed E-state index contributed by atoms with van der Waals surface area (Å²) in [5.74, 6) is 0. The van der Waals surface area contributed by atoms with Gasteiger partial charge in [-0.15, -0.1) is 0 Å². The van der Waals surface area contributed by atoms with E-state index in [-0.39, 0.29) is 11.0 Å². The molecule has 0 amide bonds. The molecule has 2 rings (SSSR count). The highest BCUT2D eigenvalue weighted by Crippen LogP contribution is 2.19. The Morgan fingerprint density at radius 3 is 2.04 bits per heavy atom. The molecule has 1 unspecified atom stereocenters. The average Bonchev–Trinajstić information content (AvgIpc) is 2.56. The molecule has 2 aromatic carbocycles. The molecule has 3 nitrogen and oxygen atoms in total. The third-order valence-electron chi connectivity index (χ3n) is 3.88. The Kier molecular flexibility index (Phi) is 7.76. The molecule has 6 heteroatoms. The van der Waals surface area contributed by atoms with Crippen LogP contribution in [0.15, 0.2) is 53.4 Å². The van der Waals surface area contributed by atoms with Crippen molar-refractivity contribution < 1.29 is 12.6 Å². The molecular formula is C19H22Cl2O3S. The molecule has 1 atom stereocenters. The molecule has 0 radical (unpaired) electrons. The third-order valence-corrected chi connectivity index (χ3v) is 5.82. The lowest BCUT2D eigenvalue weighted by atomic mass is 10.1. The van der Waals surface area contributed by atoms with E-state index >= 15 is 0 Å². The summed E-state index contributed by atoms with van der Waals surface area (Å²) < 4.78 is 29.6. The highest BCUT2D eigenvalue weighted by Gasteiger charge is 2.18. The molecule has 0 aliphatic rings. The second kappa shape index (κ2) is 9.58. The molecule has 25 heavy (non-hydrogen) atoms. The molecule has 0 fully saturated rings. The summed E-state index contributed by atoms with van der Waals surface area (Å²) in [6.07, 6.45) is 4.35. The zero-order valence-corrected chi connectivity index (χ0v) is 16.4. The molecule has 0 N–H and O–H groups in total. The van der Waals surface area contributed by atoms with Crippen LogP contribution in [0.4, 0.5) is 0 Å². The second-order valence-corrected chi connectivity index (χ2v) is 8.49. The smallest absolute Gasteiger partial charge is 0.263 e. The lowest BCUT2D eigenvalue weighted by Gasteiger charge is -2.13. The summed E-state index contributed by atoms with van der Waals surface area (Å²) in [7, 11) is -3.74. The Balaban J connectivity index is 1.70. The molecule has 0 saturated carbocycles. The van der Waals surface area contributed by atoms with E-state index < -0.39 is 10.1 Å². The van der Waals surface area contributed by atoms with E-state index in [0.29, 0.717) is 11.4 Å². The summed E-state index contributed by atoms with van der Waals surface area (Å²) in [6, 6.07) is 13.9. The number of benzene rings is 2. The van der Waals surface area contributed by atoms with E-state index in [4.69, 9.17) is 27.4 Å². The molecule has 0 heterocycles. The van der Waals surface area contributed by atoms with Gasteiger partial charge in [0.2, 0.25) is 0 Å². The first-order valence-electron chi connectivity index (χ1n) is 8.30. The van der Waals surface area contributed by atoms with Gasteiger partial charge >= 0.3 is 0 Å². The van der Waals surface area contributed by atoms with Crippen molar-refractivity contribution in [3.8, 4) is 0 Å². The van der Waals surface area contributed by atoms with Crippen molar-refractivity contribution in [2.24, 2.45) is 0 Å². The average molecular weight is 401 g/mol. The van der Waals surface area contributed by atoms with Gasteiger partial charge in [0.15, 0.2) is 0 Å². The lowest BCUT2D eigenvalue weighted by Crippen LogP contribution is -2.15. The van der Waals surface area contributed by atoms with Crippen molar-refractivity contribution in [3.63, 3.8) is 0 Å². The van der Waals surface area contributed by atoms with Crippen LogP contribution in [0.2, 0.25) is 10.0 Å². The van der Waals surface area contributed by atoms with Crippen molar-refractivity contribution in [3.05, 3.63) is 64.1 Å². The molecular weight excluding hydrogens is 379 g/mol. The standard InChI is InChI=1S/C19H22Cl2O3S/c1-15(24-25(22,23)19-13-11-18(21)12-14-19)5-3-2-4-6-16-7-9-17(20)10-8-16/h7-15H,2-6H2,1H3. The number of aryl methyl sites for hydroxylation is 1. The van der Waals surface area contributed by atoms with E-state index in [9.17, 15) is 8.42 Å². The Bertz CT molecular complexity index is 756. The minimum absolute atomic E-state index is 0.131. The first-order valence-corrected chi connectivity index (χ1v) is 10.5. The predicted molar refractivity (Wildman–Crippen MR) is 103 cm³/mol.